The maximum atomic E-state index is 12.6. The van der Waals surface area contributed by atoms with E-state index in [0.29, 0.717) is 43.2 Å². The summed E-state index contributed by atoms with van der Waals surface area (Å²) < 4.78 is 31.9. The summed E-state index contributed by atoms with van der Waals surface area (Å²) in [4.78, 5) is 18.6. The van der Waals surface area contributed by atoms with E-state index < -0.39 is 10.0 Å². The number of likely N-dealkylation sites (tertiary alicyclic amines) is 1. The normalized spacial score (nSPS) is 18.1. The molecular weight excluding hydrogens is 380 g/mol. The Bertz CT molecular complexity index is 927. The number of carbonyl (C=O) groups is 1. The summed E-state index contributed by atoms with van der Waals surface area (Å²) in [6, 6.07) is 6.53. The van der Waals surface area contributed by atoms with Gasteiger partial charge in [-0.1, -0.05) is 5.16 Å². The predicted molar refractivity (Wildman–Crippen MR) is 102 cm³/mol. The average molecular weight is 404 g/mol. The highest BCUT2D eigenvalue weighted by Crippen LogP contribution is 2.24. The van der Waals surface area contributed by atoms with Crippen LogP contribution in [0.15, 0.2) is 33.7 Å². The smallest absolute Gasteiger partial charge is 0.243 e. The van der Waals surface area contributed by atoms with Crippen molar-refractivity contribution in [3.63, 3.8) is 0 Å². The summed E-state index contributed by atoms with van der Waals surface area (Å²) in [7, 11) is -3.43. The number of amides is 1. The molecule has 0 spiro atoms. The Labute approximate surface area is 164 Å². The summed E-state index contributed by atoms with van der Waals surface area (Å²) in [5, 5.41) is 3.96. The number of carbonyl (C=O) groups excluding carboxylic acids is 1. The van der Waals surface area contributed by atoms with Crippen LogP contribution in [-0.4, -0.2) is 59.8 Å². The molecule has 8 nitrogen and oxygen atoms in total. The first-order valence-electron chi connectivity index (χ1n) is 9.75. The zero-order valence-electron chi connectivity index (χ0n) is 15.7. The lowest BCUT2D eigenvalue weighted by molar-refractivity contribution is -0.130. The summed E-state index contributed by atoms with van der Waals surface area (Å²) >= 11 is 0. The monoisotopic (exact) mass is 404 g/mol. The average Bonchev–Trinajstić information content (AvgIpc) is 3.48. The Kier molecular flexibility index (Phi) is 5.45. The molecule has 0 bridgehead atoms. The number of nitrogens with zero attached hydrogens (tertiary/aromatic N) is 4. The Morgan fingerprint density at radius 2 is 1.64 bits per heavy atom. The minimum atomic E-state index is -3.43. The van der Waals surface area contributed by atoms with Gasteiger partial charge in [0, 0.05) is 44.6 Å². The molecule has 0 N–H and O–H groups in total. The van der Waals surface area contributed by atoms with E-state index in [0.717, 1.165) is 38.8 Å². The van der Waals surface area contributed by atoms with Crippen LogP contribution in [0.25, 0.3) is 11.4 Å². The lowest BCUT2D eigenvalue weighted by atomic mass is 10.2. The van der Waals surface area contributed by atoms with Crippen molar-refractivity contribution in [2.45, 2.75) is 43.4 Å². The number of hydrogen-bond donors (Lipinski definition) is 0. The van der Waals surface area contributed by atoms with Gasteiger partial charge in [-0.3, -0.25) is 4.79 Å². The molecule has 0 aliphatic carbocycles. The minimum absolute atomic E-state index is 0.119. The third-order valence-electron chi connectivity index (χ3n) is 5.29. The second-order valence-electron chi connectivity index (χ2n) is 7.24. The van der Waals surface area contributed by atoms with Gasteiger partial charge in [0.1, 0.15) is 0 Å². The van der Waals surface area contributed by atoms with Gasteiger partial charge < -0.3 is 9.42 Å². The molecule has 2 aromatic rings. The summed E-state index contributed by atoms with van der Waals surface area (Å²) in [5.74, 6) is 0.929. The lowest BCUT2D eigenvalue weighted by Crippen LogP contribution is -2.27. The van der Waals surface area contributed by atoms with E-state index in [2.05, 4.69) is 10.1 Å². The van der Waals surface area contributed by atoms with E-state index >= 15 is 0 Å². The molecule has 0 unspecified atom stereocenters. The van der Waals surface area contributed by atoms with Crippen LogP contribution >= 0.6 is 0 Å². The molecule has 2 aliphatic rings. The molecule has 2 aliphatic heterocycles. The van der Waals surface area contributed by atoms with Crippen LogP contribution in [0.2, 0.25) is 0 Å². The fourth-order valence-corrected chi connectivity index (χ4v) is 5.18. The lowest BCUT2D eigenvalue weighted by Gasteiger charge is -2.15. The molecule has 0 saturated carbocycles. The van der Waals surface area contributed by atoms with Crippen molar-refractivity contribution >= 4 is 15.9 Å². The third-order valence-corrected chi connectivity index (χ3v) is 7.21. The van der Waals surface area contributed by atoms with Crippen LogP contribution < -0.4 is 0 Å². The van der Waals surface area contributed by atoms with Gasteiger partial charge in [-0.2, -0.15) is 9.29 Å². The first-order valence-corrected chi connectivity index (χ1v) is 11.2. The van der Waals surface area contributed by atoms with Gasteiger partial charge >= 0.3 is 0 Å². The molecule has 1 amide bonds. The van der Waals surface area contributed by atoms with Crippen molar-refractivity contribution in [3.8, 4) is 11.4 Å². The highest BCUT2D eigenvalue weighted by Gasteiger charge is 2.27. The molecule has 1 aromatic carbocycles. The fraction of sp³-hybridized carbons (Fsp3) is 0.526. The third kappa shape index (κ3) is 3.95. The second kappa shape index (κ2) is 8.00. The number of sulfonamides is 1. The Morgan fingerprint density at radius 1 is 1.00 bits per heavy atom. The van der Waals surface area contributed by atoms with Crippen LogP contribution in [0.5, 0.6) is 0 Å². The molecule has 3 heterocycles. The molecule has 1 aromatic heterocycles. The van der Waals surface area contributed by atoms with E-state index in [1.165, 1.54) is 4.31 Å². The topological polar surface area (TPSA) is 96.6 Å². The first-order chi connectivity index (χ1) is 13.5. The maximum absolute atomic E-state index is 12.6. The minimum Gasteiger partial charge on any atom is -0.343 e. The van der Waals surface area contributed by atoms with Crippen molar-refractivity contribution < 1.29 is 17.7 Å². The summed E-state index contributed by atoms with van der Waals surface area (Å²) in [6.07, 6.45) is 4.71. The van der Waals surface area contributed by atoms with E-state index in [1.54, 1.807) is 24.3 Å². The Hall–Kier alpha value is -2.26. The molecule has 2 fully saturated rings. The van der Waals surface area contributed by atoms with Gasteiger partial charge in [0.05, 0.1) is 4.90 Å². The second-order valence-corrected chi connectivity index (χ2v) is 9.17. The van der Waals surface area contributed by atoms with E-state index in [9.17, 15) is 13.2 Å². The first kappa shape index (κ1) is 19.1. The van der Waals surface area contributed by atoms with E-state index in [-0.39, 0.29) is 10.8 Å². The quantitative estimate of drug-likeness (QED) is 0.731. The number of benzene rings is 1. The van der Waals surface area contributed by atoms with Crippen LogP contribution in [0.3, 0.4) is 0 Å². The van der Waals surface area contributed by atoms with Crippen molar-refractivity contribution in [3.05, 3.63) is 30.2 Å². The van der Waals surface area contributed by atoms with Gasteiger partial charge in [0.25, 0.3) is 0 Å². The van der Waals surface area contributed by atoms with Crippen LogP contribution in [0, 0.1) is 0 Å². The molecule has 4 rings (SSSR count). The molecule has 0 radical (unpaired) electrons. The number of aryl methyl sites for hydroxylation is 1. The van der Waals surface area contributed by atoms with Crippen molar-refractivity contribution in [1.82, 2.24) is 19.3 Å². The molecule has 150 valence electrons. The number of hydrogen-bond acceptors (Lipinski definition) is 6. The van der Waals surface area contributed by atoms with Crippen LogP contribution in [0.4, 0.5) is 0 Å². The molecule has 28 heavy (non-hydrogen) atoms. The van der Waals surface area contributed by atoms with Crippen molar-refractivity contribution in [2.24, 2.45) is 0 Å². The Morgan fingerprint density at radius 3 is 2.32 bits per heavy atom. The van der Waals surface area contributed by atoms with E-state index in [4.69, 9.17) is 4.52 Å². The van der Waals surface area contributed by atoms with Crippen molar-refractivity contribution in [2.75, 3.05) is 26.2 Å². The highest BCUT2D eigenvalue weighted by atomic mass is 32.2. The highest BCUT2D eigenvalue weighted by molar-refractivity contribution is 7.89. The maximum Gasteiger partial charge on any atom is 0.243 e. The van der Waals surface area contributed by atoms with Gasteiger partial charge in [-0.25, -0.2) is 8.42 Å². The number of aromatic nitrogens is 2. The van der Waals surface area contributed by atoms with Gasteiger partial charge in [-0.05, 0) is 49.9 Å². The van der Waals surface area contributed by atoms with Crippen LogP contribution in [-0.2, 0) is 21.2 Å². The predicted octanol–water partition coefficient (Wildman–Crippen LogP) is 2.08. The zero-order valence-corrected chi connectivity index (χ0v) is 16.5. The molecule has 9 heteroatoms. The van der Waals surface area contributed by atoms with Gasteiger partial charge in [-0.15, -0.1) is 0 Å². The van der Waals surface area contributed by atoms with Gasteiger partial charge in [0.15, 0.2) is 0 Å². The Balaban J connectivity index is 1.40. The standard InChI is InChI=1S/C19H24N4O4S/c24-18(22-11-1-2-12-22)10-9-17-20-19(21-27-17)15-5-7-16(8-6-15)28(25,26)23-13-3-4-14-23/h5-8H,1-4,9-14H2. The molecular formula is C19H24N4O4S. The van der Waals surface area contributed by atoms with Crippen LogP contribution in [0.1, 0.15) is 38.0 Å². The molecule has 2 saturated heterocycles. The fourth-order valence-electron chi connectivity index (χ4n) is 3.67. The van der Waals surface area contributed by atoms with Crippen molar-refractivity contribution in [1.29, 1.82) is 0 Å². The largest absolute Gasteiger partial charge is 0.343 e. The van der Waals surface area contributed by atoms with Gasteiger partial charge in [0.2, 0.25) is 27.6 Å². The SMILES string of the molecule is O=C(CCc1nc(-c2ccc(S(=O)(=O)N3CCCC3)cc2)no1)N1CCCC1. The zero-order chi connectivity index (χ0) is 19.6. The summed E-state index contributed by atoms with van der Waals surface area (Å²) in [6.45, 7) is 2.82. The summed E-state index contributed by atoms with van der Waals surface area (Å²) in [5.41, 5.74) is 0.682. The molecule has 0 atom stereocenters. The number of rotatable bonds is 6. The van der Waals surface area contributed by atoms with E-state index in [1.807, 2.05) is 4.90 Å².